The minimum Gasteiger partial charge on any atom is -0.497 e. The smallest absolute Gasteiger partial charge is 0.133 e. The Bertz CT molecular complexity index is 1640. The van der Waals surface area contributed by atoms with Gasteiger partial charge in [0.15, 0.2) is 0 Å². The Balaban J connectivity index is 0.000000176. The molecule has 250 valence electrons. The molecule has 2 saturated carbocycles. The van der Waals surface area contributed by atoms with Gasteiger partial charge in [-0.1, -0.05) is 25.0 Å². The van der Waals surface area contributed by atoms with E-state index < -0.39 is 0 Å². The van der Waals surface area contributed by atoms with E-state index in [4.69, 9.17) is 15.2 Å². The van der Waals surface area contributed by atoms with E-state index in [9.17, 15) is 4.79 Å². The van der Waals surface area contributed by atoms with E-state index >= 15 is 0 Å². The van der Waals surface area contributed by atoms with Crippen molar-refractivity contribution in [1.29, 1.82) is 0 Å². The summed E-state index contributed by atoms with van der Waals surface area (Å²) in [5, 5.41) is 5.78. The summed E-state index contributed by atoms with van der Waals surface area (Å²) in [6, 6.07) is 16.0. The maximum Gasteiger partial charge on any atom is 0.133 e. The van der Waals surface area contributed by atoms with Crippen LogP contribution in [-0.4, -0.2) is 62.5 Å². The van der Waals surface area contributed by atoms with Crippen molar-refractivity contribution in [3.05, 3.63) is 60.9 Å². The first-order valence-electron chi connectivity index (χ1n) is 16.5. The van der Waals surface area contributed by atoms with Gasteiger partial charge in [-0.3, -0.25) is 14.8 Å². The number of anilines is 2. The molecule has 2 aromatic heterocycles. The number of aliphatic imine (C=N–C) groups is 2. The molecule has 5 atom stereocenters. The van der Waals surface area contributed by atoms with Gasteiger partial charge in [-0.15, -0.1) is 0 Å². The van der Waals surface area contributed by atoms with Crippen LogP contribution in [0, 0.1) is 23.7 Å². The van der Waals surface area contributed by atoms with Gasteiger partial charge < -0.3 is 30.5 Å². The van der Waals surface area contributed by atoms with Crippen LogP contribution >= 0.6 is 0 Å². The maximum absolute atomic E-state index is 11.1. The number of hydrogen-bond acceptors (Lipinski definition) is 9. The third kappa shape index (κ3) is 9.27. The van der Waals surface area contributed by atoms with Crippen molar-refractivity contribution in [1.82, 2.24) is 9.97 Å². The van der Waals surface area contributed by atoms with Gasteiger partial charge in [0.05, 0.1) is 36.6 Å². The highest BCUT2D eigenvalue weighted by Gasteiger charge is 2.31. The fraction of sp³-hybridized carbons (Fsp3) is 0.447. The zero-order valence-corrected chi connectivity index (χ0v) is 28.3. The molecule has 0 radical (unpaired) electrons. The number of benzene rings is 2. The summed E-state index contributed by atoms with van der Waals surface area (Å²) in [5.74, 6) is 3.99. The molecule has 0 bridgehead atoms. The molecule has 6 rings (SSSR count). The van der Waals surface area contributed by atoms with Crippen LogP contribution in [0.25, 0.3) is 21.8 Å². The molecule has 0 spiro atoms. The van der Waals surface area contributed by atoms with Crippen molar-refractivity contribution in [2.24, 2.45) is 33.7 Å². The van der Waals surface area contributed by atoms with E-state index in [1.165, 1.54) is 25.7 Å². The number of rotatable bonds is 10. The van der Waals surface area contributed by atoms with E-state index in [1.54, 1.807) is 33.4 Å². The number of aromatic nitrogens is 2. The van der Waals surface area contributed by atoms with Gasteiger partial charge in [0, 0.05) is 60.3 Å². The number of pyridine rings is 2. The van der Waals surface area contributed by atoms with Crippen LogP contribution in [-0.2, 0) is 4.79 Å². The Morgan fingerprint density at radius 1 is 0.894 bits per heavy atom. The maximum atomic E-state index is 11.1. The lowest BCUT2D eigenvalue weighted by Gasteiger charge is -2.27. The van der Waals surface area contributed by atoms with Crippen molar-refractivity contribution in [3.63, 3.8) is 0 Å². The highest BCUT2D eigenvalue weighted by Crippen LogP contribution is 2.37. The summed E-state index contributed by atoms with van der Waals surface area (Å²) in [6.07, 6.45) is 10.8. The number of Topliss-reactive ketones (excluding diaryl/α,β-unsaturated/α-hetero) is 1. The van der Waals surface area contributed by atoms with Gasteiger partial charge in [0.25, 0.3) is 0 Å². The largest absolute Gasteiger partial charge is 0.497 e. The summed E-state index contributed by atoms with van der Waals surface area (Å²) >= 11 is 0. The van der Waals surface area contributed by atoms with Crippen molar-refractivity contribution in [2.45, 2.75) is 58.4 Å². The van der Waals surface area contributed by atoms with E-state index in [1.807, 2.05) is 42.6 Å². The van der Waals surface area contributed by atoms with Crippen molar-refractivity contribution >= 4 is 52.4 Å². The minimum absolute atomic E-state index is 0.278. The monoisotopic (exact) mass is 638 g/mol. The van der Waals surface area contributed by atoms with Crippen LogP contribution < -0.4 is 20.5 Å². The quantitative estimate of drug-likeness (QED) is 0.135. The number of methoxy groups -OCH3 is 2. The molecule has 5 unspecified atom stereocenters. The molecule has 2 aromatic carbocycles. The van der Waals surface area contributed by atoms with Crippen molar-refractivity contribution in [3.8, 4) is 11.5 Å². The standard InChI is InChI=1S/C19H25N3O.C10H10N2O.C9H15NO/c1-13(17-8-4-6-15(17)12-20-2)22-18-11-16(23-3)10-14-7-5-9-21-19(14)18;1-13-8-5-7-3-2-4-12-10(7)9(11)6-8;1-7(11)9-5-3-4-8(9)6-10-2/h5,7,9-11,13,15,17,22H,2,4,6,8,12H2,1,3H3;2-6H,11H2,1H3;8-9H,2-6H2,1H3. The highest BCUT2D eigenvalue weighted by molar-refractivity contribution is 5.92. The van der Waals surface area contributed by atoms with Gasteiger partial charge in [-0.05, 0) is 95.0 Å². The van der Waals surface area contributed by atoms with Crippen LogP contribution in [0.1, 0.15) is 52.4 Å². The third-order valence-electron chi connectivity index (χ3n) is 9.51. The van der Waals surface area contributed by atoms with E-state index in [2.05, 4.69) is 51.7 Å². The summed E-state index contributed by atoms with van der Waals surface area (Å²) in [4.78, 5) is 27.8. The van der Waals surface area contributed by atoms with E-state index in [0.29, 0.717) is 35.3 Å². The number of nitrogens with zero attached hydrogens (tertiary/aromatic N) is 4. The first-order chi connectivity index (χ1) is 22.8. The first kappa shape index (κ1) is 35.3. The molecule has 2 fully saturated rings. The Kier molecular flexibility index (Phi) is 13.1. The van der Waals surface area contributed by atoms with Crippen LogP contribution in [0.4, 0.5) is 11.4 Å². The molecule has 47 heavy (non-hydrogen) atoms. The molecule has 2 aliphatic carbocycles. The fourth-order valence-corrected chi connectivity index (χ4v) is 7.13. The van der Waals surface area contributed by atoms with Gasteiger partial charge >= 0.3 is 0 Å². The summed E-state index contributed by atoms with van der Waals surface area (Å²) < 4.78 is 10.5. The molecule has 9 heteroatoms. The number of nitrogens with two attached hydrogens (primary N) is 1. The number of ether oxygens (including phenoxy) is 2. The molecular formula is C38H50N6O3. The van der Waals surface area contributed by atoms with E-state index in [0.717, 1.165) is 64.9 Å². The number of nitrogen functional groups attached to an aromatic ring is 1. The molecule has 0 aliphatic heterocycles. The van der Waals surface area contributed by atoms with Gasteiger partial charge in [-0.2, -0.15) is 0 Å². The fourth-order valence-electron chi connectivity index (χ4n) is 7.13. The molecular weight excluding hydrogens is 588 g/mol. The van der Waals surface area contributed by atoms with Gasteiger partial charge in [0.2, 0.25) is 0 Å². The normalized spacial score (nSPS) is 20.7. The molecule has 2 heterocycles. The molecule has 0 saturated heterocycles. The minimum atomic E-state index is 0.278. The molecule has 4 aromatic rings. The van der Waals surface area contributed by atoms with E-state index in [-0.39, 0.29) is 5.92 Å². The topological polar surface area (TPSA) is 124 Å². The lowest BCUT2D eigenvalue weighted by molar-refractivity contribution is -0.121. The third-order valence-corrected chi connectivity index (χ3v) is 9.51. The van der Waals surface area contributed by atoms with Crippen molar-refractivity contribution in [2.75, 3.05) is 38.4 Å². The summed E-state index contributed by atoms with van der Waals surface area (Å²) in [7, 11) is 3.32. The van der Waals surface area contributed by atoms with Crippen LogP contribution in [0.5, 0.6) is 11.5 Å². The number of nitrogens with one attached hydrogen (secondary N) is 1. The highest BCUT2D eigenvalue weighted by atomic mass is 16.5. The average molecular weight is 639 g/mol. The molecule has 0 amide bonds. The molecule has 3 N–H and O–H groups in total. The second-order valence-electron chi connectivity index (χ2n) is 12.6. The second kappa shape index (κ2) is 17.4. The Labute approximate surface area is 279 Å². The Morgan fingerprint density at radius 2 is 1.47 bits per heavy atom. The lowest BCUT2D eigenvalue weighted by Crippen LogP contribution is -2.30. The summed E-state index contributed by atoms with van der Waals surface area (Å²) in [6.45, 7) is 12.7. The lowest BCUT2D eigenvalue weighted by atomic mass is 9.89. The van der Waals surface area contributed by atoms with Crippen LogP contribution in [0.2, 0.25) is 0 Å². The number of hydrogen-bond donors (Lipinski definition) is 2. The average Bonchev–Trinajstić information content (AvgIpc) is 3.76. The number of ketones is 1. The predicted octanol–water partition coefficient (Wildman–Crippen LogP) is 7.68. The van der Waals surface area contributed by atoms with Crippen molar-refractivity contribution < 1.29 is 14.3 Å². The van der Waals surface area contributed by atoms with Crippen LogP contribution in [0.3, 0.4) is 0 Å². The van der Waals surface area contributed by atoms with Crippen LogP contribution in [0.15, 0.2) is 70.9 Å². The number of carbonyl (C=O) groups is 1. The Morgan fingerprint density at radius 3 is 2.11 bits per heavy atom. The predicted molar refractivity (Wildman–Crippen MR) is 195 cm³/mol. The molecule has 2 aliphatic rings. The molecule has 9 nitrogen and oxygen atoms in total. The zero-order chi connectivity index (χ0) is 33.8. The van der Waals surface area contributed by atoms with Gasteiger partial charge in [0.1, 0.15) is 17.3 Å². The SMILES string of the molecule is C=NCC1CCCC1C(C)=O.C=NCC1CCCC1C(C)Nc1cc(OC)cc2cccnc12.COc1cc(N)c2ncccc2c1. The summed E-state index contributed by atoms with van der Waals surface area (Å²) in [5.41, 5.74) is 9.30. The second-order valence-corrected chi connectivity index (χ2v) is 12.6. The number of fused-ring (bicyclic) bond motifs is 2. The zero-order valence-electron chi connectivity index (χ0n) is 28.3. The Hall–Kier alpha value is -4.53. The van der Waals surface area contributed by atoms with Gasteiger partial charge in [-0.25, -0.2) is 0 Å². The first-order valence-corrected chi connectivity index (χ1v) is 16.5. The number of carbonyl (C=O) groups excluding carboxylic acids is 1.